The molecule has 3 aromatic rings. The number of para-hydroxylation sites is 2. The summed E-state index contributed by atoms with van der Waals surface area (Å²) in [4.78, 5) is 30.4. The number of halogens is 3. The number of nitrogens with one attached hydrogen (secondary N) is 1. The Kier molecular flexibility index (Phi) is 5.56. The molecular weight excluding hydrogens is 427 g/mol. The summed E-state index contributed by atoms with van der Waals surface area (Å²) in [6.07, 6.45) is -2.90. The molecule has 4 rings (SSSR count). The lowest BCUT2D eigenvalue weighted by molar-refractivity contribution is -0.137. The van der Waals surface area contributed by atoms with Crippen molar-refractivity contribution in [2.75, 3.05) is 16.8 Å². The van der Waals surface area contributed by atoms with Crippen molar-refractivity contribution >= 4 is 23.2 Å². The Morgan fingerprint density at radius 2 is 1.97 bits per heavy atom. The highest BCUT2D eigenvalue weighted by atomic mass is 19.4. The minimum atomic E-state index is -4.58. The lowest BCUT2D eigenvalue weighted by Crippen LogP contribution is -2.45. The van der Waals surface area contributed by atoms with Crippen LogP contribution < -0.4 is 15.0 Å². The van der Waals surface area contributed by atoms with Gasteiger partial charge in [-0.15, -0.1) is 0 Å². The van der Waals surface area contributed by atoms with Gasteiger partial charge in [-0.05, 0) is 37.3 Å². The summed E-state index contributed by atoms with van der Waals surface area (Å²) >= 11 is 0. The van der Waals surface area contributed by atoms with Gasteiger partial charge in [0.2, 0.25) is 5.91 Å². The number of fused-ring (bicyclic) bond motifs is 1. The first-order valence-electron chi connectivity index (χ1n) is 9.67. The van der Waals surface area contributed by atoms with Crippen LogP contribution in [0.15, 0.2) is 55.1 Å². The van der Waals surface area contributed by atoms with Crippen molar-refractivity contribution < 1.29 is 27.5 Å². The molecule has 1 aliphatic rings. The van der Waals surface area contributed by atoms with Crippen LogP contribution >= 0.6 is 0 Å². The average molecular weight is 445 g/mol. The fourth-order valence-electron chi connectivity index (χ4n) is 3.36. The molecule has 1 atom stereocenters. The van der Waals surface area contributed by atoms with E-state index in [0.717, 1.165) is 12.1 Å². The minimum absolute atomic E-state index is 0.0347. The topological polar surface area (TPSA) is 89.3 Å². The van der Waals surface area contributed by atoms with Gasteiger partial charge in [0.25, 0.3) is 5.91 Å². The van der Waals surface area contributed by atoms with Crippen LogP contribution in [0.1, 0.15) is 18.9 Å². The Bertz CT molecular complexity index is 1150. The third-order valence-electron chi connectivity index (χ3n) is 4.90. The van der Waals surface area contributed by atoms with E-state index in [1.807, 2.05) is 0 Å². The van der Waals surface area contributed by atoms with E-state index in [0.29, 0.717) is 11.4 Å². The number of aromatic nitrogens is 3. The molecule has 11 heteroatoms. The van der Waals surface area contributed by atoms with Crippen molar-refractivity contribution in [1.82, 2.24) is 14.8 Å². The Balaban J connectivity index is 1.54. The smallest absolute Gasteiger partial charge is 0.416 e. The number of amides is 2. The molecule has 166 valence electrons. The van der Waals surface area contributed by atoms with Gasteiger partial charge in [0.05, 0.1) is 22.6 Å². The van der Waals surface area contributed by atoms with Gasteiger partial charge in [0.1, 0.15) is 18.4 Å². The molecule has 2 heterocycles. The van der Waals surface area contributed by atoms with Gasteiger partial charge in [-0.2, -0.15) is 18.3 Å². The Morgan fingerprint density at radius 3 is 2.69 bits per heavy atom. The van der Waals surface area contributed by atoms with Gasteiger partial charge in [-0.1, -0.05) is 12.1 Å². The van der Waals surface area contributed by atoms with Gasteiger partial charge in [0, 0.05) is 13.0 Å². The molecule has 1 aromatic heterocycles. The van der Waals surface area contributed by atoms with Gasteiger partial charge in [-0.3, -0.25) is 9.59 Å². The van der Waals surface area contributed by atoms with E-state index in [9.17, 15) is 22.8 Å². The maximum absolute atomic E-state index is 13.2. The van der Waals surface area contributed by atoms with Gasteiger partial charge >= 0.3 is 6.18 Å². The molecule has 0 aliphatic carbocycles. The molecule has 1 aliphatic heterocycles. The molecular formula is C21H18F3N5O3. The molecule has 0 radical (unpaired) electrons. The van der Waals surface area contributed by atoms with Crippen LogP contribution in [0.25, 0.3) is 5.69 Å². The van der Waals surface area contributed by atoms with Crippen molar-refractivity contribution in [2.24, 2.45) is 0 Å². The van der Waals surface area contributed by atoms with Crippen molar-refractivity contribution in [3.63, 3.8) is 0 Å². The molecule has 0 saturated carbocycles. The number of carbonyl (C=O) groups is 2. The van der Waals surface area contributed by atoms with Crippen LogP contribution in [0.5, 0.6) is 5.75 Å². The predicted molar refractivity (Wildman–Crippen MR) is 108 cm³/mol. The Labute approximate surface area is 180 Å². The highest BCUT2D eigenvalue weighted by molar-refractivity contribution is 6.01. The second kappa shape index (κ2) is 8.33. The fraction of sp³-hybridized carbons (Fsp3) is 0.238. The van der Waals surface area contributed by atoms with E-state index < -0.39 is 23.8 Å². The molecule has 0 saturated heterocycles. The third kappa shape index (κ3) is 4.27. The normalized spacial score (nSPS) is 15.8. The largest absolute Gasteiger partial charge is 0.479 e. The number of nitrogens with zero attached hydrogens (tertiary/aromatic N) is 4. The first-order chi connectivity index (χ1) is 15.2. The van der Waals surface area contributed by atoms with E-state index >= 15 is 0 Å². The quantitative estimate of drug-likeness (QED) is 0.650. The lowest BCUT2D eigenvalue weighted by atomic mass is 10.1. The van der Waals surface area contributed by atoms with Crippen LogP contribution in [0.3, 0.4) is 0 Å². The molecule has 1 N–H and O–H groups in total. The molecule has 0 unspecified atom stereocenters. The van der Waals surface area contributed by atoms with E-state index in [1.165, 1.54) is 28.3 Å². The molecule has 2 aromatic carbocycles. The predicted octanol–water partition coefficient (Wildman–Crippen LogP) is 3.43. The van der Waals surface area contributed by atoms with E-state index in [2.05, 4.69) is 15.4 Å². The monoisotopic (exact) mass is 445 g/mol. The summed E-state index contributed by atoms with van der Waals surface area (Å²) in [5, 5.41) is 6.42. The number of anilines is 2. The Hall–Kier alpha value is -3.89. The zero-order valence-corrected chi connectivity index (χ0v) is 16.8. The average Bonchev–Trinajstić information content (AvgIpc) is 3.28. The van der Waals surface area contributed by atoms with Crippen LogP contribution in [0.4, 0.5) is 24.5 Å². The molecule has 0 spiro atoms. The summed E-state index contributed by atoms with van der Waals surface area (Å²) < 4.78 is 46.4. The summed E-state index contributed by atoms with van der Waals surface area (Å²) in [5.41, 5.74) is -0.226. The summed E-state index contributed by atoms with van der Waals surface area (Å²) in [6, 6.07) is 9.88. The second-order valence-corrected chi connectivity index (χ2v) is 7.09. The van der Waals surface area contributed by atoms with Crippen LogP contribution in [-0.4, -0.2) is 39.2 Å². The van der Waals surface area contributed by atoms with Crippen LogP contribution in [0, 0.1) is 0 Å². The third-order valence-corrected chi connectivity index (χ3v) is 4.90. The Morgan fingerprint density at radius 1 is 1.19 bits per heavy atom. The first kappa shape index (κ1) is 21.3. The van der Waals surface area contributed by atoms with E-state index in [4.69, 9.17) is 4.74 Å². The number of alkyl halides is 3. The zero-order valence-electron chi connectivity index (χ0n) is 16.8. The standard InChI is InChI=1S/C21H18F3N5O3/c1-13-20(31)28(17-4-2-3-5-18(17)32-13)9-8-19(30)27-15-10-14(21(22,23)24)6-7-16(15)29-12-25-11-26-29/h2-7,10-13H,8-9H2,1H3,(H,27,30)/t13-/m0/s1. The maximum Gasteiger partial charge on any atom is 0.416 e. The van der Waals surface area contributed by atoms with Gasteiger partial charge < -0.3 is 15.0 Å². The van der Waals surface area contributed by atoms with Gasteiger partial charge in [0.15, 0.2) is 6.10 Å². The minimum Gasteiger partial charge on any atom is -0.479 e. The molecule has 2 amide bonds. The summed E-state index contributed by atoms with van der Waals surface area (Å²) in [5.74, 6) is -0.347. The number of benzene rings is 2. The number of ether oxygens (including phenoxy) is 1. The van der Waals surface area contributed by atoms with E-state index in [1.54, 1.807) is 31.2 Å². The van der Waals surface area contributed by atoms with Crippen molar-refractivity contribution in [3.8, 4) is 11.4 Å². The van der Waals surface area contributed by atoms with Crippen LogP contribution in [0.2, 0.25) is 0 Å². The van der Waals surface area contributed by atoms with E-state index in [-0.39, 0.29) is 30.2 Å². The SMILES string of the molecule is C[C@@H]1Oc2ccccc2N(CCC(=O)Nc2cc(C(F)(F)F)ccc2-n2cncn2)C1=O. The van der Waals surface area contributed by atoms with Crippen molar-refractivity contribution in [2.45, 2.75) is 25.6 Å². The van der Waals surface area contributed by atoms with Crippen molar-refractivity contribution in [3.05, 3.63) is 60.7 Å². The fourth-order valence-corrected chi connectivity index (χ4v) is 3.36. The molecule has 32 heavy (non-hydrogen) atoms. The molecule has 0 fully saturated rings. The maximum atomic E-state index is 13.2. The number of hydrogen-bond donors (Lipinski definition) is 1. The highest BCUT2D eigenvalue weighted by Gasteiger charge is 2.33. The number of rotatable bonds is 5. The second-order valence-electron chi connectivity index (χ2n) is 7.09. The lowest BCUT2D eigenvalue weighted by Gasteiger charge is -2.32. The van der Waals surface area contributed by atoms with Gasteiger partial charge in [-0.25, -0.2) is 9.67 Å². The van der Waals surface area contributed by atoms with Crippen molar-refractivity contribution in [1.29, 1.82) is 0 Å². The molecule has 8 nitrogen and oxygen atoms in total. The number of carbonyl (C=O) groups excluding carboxylic acids is 2. The highest BCUT2D eigenvalue weighted by Crippen LogP contribution is 2.35. The first-order valence-corrected chi connectivity index (χ1v) is 9.67. The zero-order chi connectivity index (χ0) is 22.9. The summed E-state index contributed by atoms with van der Waals surface area (Å²) in [7, 11) is 0. The number of hydrogen-bond acceptors (Lipinski definition) is 5. The molecule has 0 bridgehead atoms. The summed E-state index contributed by atoms with van der Waals surface area (Å²) in [6.45, 7) is 1.64. The van der Waals surface area contributed by atoms with Crippen LogP contribution in [-0.2, 0) is 15.8 Å².